The number of aliphatic carboxylic acids is 1. The third-order valence-corrected chi connectivity index (χ3v) is 3.35. The van der Waals surface area contributed by atoms with Gasteiger partial charge in [0, 0.05) is 13.6 Å². The van der Waals surface area contributed by atoms with Crippen LogP contribution in [-0.2, 0) is 4.79 Å². The van der Waals surface area contributed by atoms with Gasteiger partial charge in [-0.2, -0.15) is 0 Å². The van der Waals surface area contributed by atoms with E-state index in [0.29, 0.717) is 0 Å². The fraction of sp³-hybridized carbons (Fsp3) is 0.800. The van der Waals surface area contributed by atoms with Crippen LogP contribution in [0.5, 0.6) is 0 Å². The first-order valence-electron chi connectivity index (χ1n) is 5.16. The van der Waals surface area contributed by atoms with Crippen LogP contribution >= 0.6 is 0 Å². The van der Waals surface area contributed by atoms with E-state index in [4.69, 9.17) is 0 Å². The van der Waals surface area contributed by atoms with E-state index < -0.39 is 11.4 Å². The van der Waals surface area contributed by atoms with Crippen LogP contribution in [0.25, 0.3) is 0 Å². The van der Waals surface area contributed by atoms with E-state index >= 15 is 0 Å². The maximum atomic E-state index is 11.3. The molecule has 0 saturated heterocycles. The van der Waals surface area contributed by atoms with Gasteiger partial charge in [-0.1, -0.05) is 12.8 Å². The van der Waals surface area contributed by atoms with Crippen molar-refractivity contribution in [1.82, 2.24) is 4.90 Å². The molecule has 0 aromatic carbocycles. The van der Waals surface area contributed by atoms with Crippen LogP contribution in [0, 0.1) is 5.41 Å². The summed E-state index contributed by atoms with van der Waals surface area (Å²) in [5.74, 6) is 0.116. The van der Waals surface area contributed by atoms with Gasteiger partial charge in [-0.15, -0.1) is 0 Å². The maximum Gasteiger partial charge on any atom is 0.317 e. The van der Waals surface area contributed by atoms with E-state index in [2.05, 4.69) is 4.99 Å². The van der Waals surface area contributed by atoms with Crippen LogP contribution in [0.1, 0.15) is 25.7 Å². The van der Waals surface area contributed by atoms with Gasteiger partial charge in [0.15, 0.2) is 0 Å². The largest absolute Gasteiger partial charge is 0.480 e. The van der Waals surface area contributed by atoms with E-state index in [-0.39, 0.29) is 0 Å². The Balaban J connectivity index is 2.31. The Morgan fingerprint density at radius 2 is 2.14 bits per heavy atom. The number of rotatable bonds is 2. The zero-order valence-corrected chi connectivity index (χ0v) is 8.49. The summed E-state index contributed by atoms with van der Waals surface area (Å²) < 4.78 is 0. The minimum atomic E-state index is -0.692. The molecule has 0 aromatic rings. The molecule has 0 amide bonds. The van der Waals surface area contributed by atoms with E-state index in [1.807, 2.05) is 11.9 Å². The molecule has 0 bridgehead atoms. The molecule has 0 radical (unpaired) electrons. The molecular formula is C10H16N2O2. The van der Waals surface area contributed by atoms with Crippen LogP contribution in [0.4, 0.5) is 0 Å². The lowest BCUT2D eigenvalue weighted by atomic mass is 9.84. The number of hydrogen-bond donors (Lipinski definition) is 1. The SMILES string of the molecule is CN1CCN=C1C1(C(=O)O)CCCC1. The number of likely N-dealkylation sites (N-methyl/N-ethyl adjacent to an activating group) is 1. The highest BCUT2D eigenvalue weighted by Crippen LogP contribution is 2.41. The third kappa shape index (κ3) is 1.21. The number of nitrogens with zero attached hydrogens (tertiary/aromatic N) is 2. The Kier molecular flexibility index (Phi) is 2.21. The second-order valence-corrected chi connectivity index (χ2v) is 4.22. The molecule has 0 spiro atoms. The average molecular weight is 196 g/mol. The van der Waals surface area contributed by atoms with Gasteiger partial charge in [-0.05, 0) is 12.8 Å². The normalized spacial score (nSPS) is 25.2. The summed E-state index contributed by atoms with van der Waals surface area (Å²) in [7, 11) is 1.94. The molecule has 0 unspecified atom stereocenters. The lowest BCUT2D eigenvalue weighted by Gasteiger charge is -2.28. The lowest BCUT2D eigenvalue weighted by Crippen LogP contribution is -2.43. The van der Waals surface area contributed by atoms with Gasteiger partial charge in [-0.3, -0.25) is 9.79 Å². The maximum absolute atomic E-state index is 11.3. The average Bonchev–Trinajstić information content (AvgIpc) is 2.72. The highest BCUT2D eigenvalue weighted by atomic mass is 16.4. The van der Waals surface area contributed by atoms with Crippen molar-refractivity contribution in [2.45, 2.75) is 25.7 Å². The Morgan fingerprint density at radius 1 is 1.50 bits per heavy atom. The van der Waals surface area contributed by atoms with Crippen molar-refractivity contribution in [2.24, 2.45) is 10.4 Å². The molecule has 1 saturated carbocycles. The Bertz CT molecular complexity index is 280. The molecule has 1 fully saturated rings. The van der Waals surface area contributed by atoms with Gasteiger partial charge in [0.1, 0.15) is 11.3 Å². The van der Waals surface area contributed by atoms with E-state index in [1.165, 1.54) is 0 Å². The summed E-state index contributed by atoms with van der Waals surface area (Å²) in [6.07, 6.45) is 3.54. The molecule has 2 aliphatic rings. The Morgan fingerprint density at radius 3 is 2.57 bits per heavy atom. The van der Waals surface area contributed by atoms with Gasteiger partial charge in [0.25, 0.3) is 0 Å². The first-order valence-corrected chi connectivity index (χ1v) is 5.16. The zero-order chi connectivity index (χ0) is 10.2. The summed E-state index contributed by atoms with van der Waals surface area (Å²) in [5.41, 5.74) is -0.661. The lowest BCUT2D eigenvalue weighted by molar-refractivity contribution is -0.144. The number of carboxylic acids is 1. The number of carbonyl (C=O) groups is 1. The standard InChI is InChI=1S/C10H16N2O2/c1-12-7-6-11-8(12)10(9(13)14)4-2-3-5-10/h2-7H2,1H3,(H,13,14). The van der Waals surface area contributed by atoms with Crippen molar-refractivity contribution in [1.29, 1.82) is 0 Å². The summed E-state index contributed by atoms with van der Waals surface area (Å²) in [4.78, 5) is 17.7. The number of hydrogen-bond acceptors (Lipinski definition) is 3. The molecule has 4 nitrogen and oxygen atoms in total. The van der Waals surface area contributed by atoms with Gasteiger partial charge in [0.2, 0.25) is 0 Å². The Hall–Kier alpha value is -1.06. The number of carboxylic acid groups (broad SMARTS) is 1. The first-order chi connectivity index (χ1) is 6.67. The number of amidine groups is 1. The highest BCUT2D eigenvalue weighted by molar-refractivity contribution is 6.05. The predicted molar refractivity (Wildman–Crippen MR) is 53.5 cm³/mol. The molecule has 0 atom stereocenters. The van der Waals surface area contributed by atoms with Gasteiger partial charge < -0.3 is 10.0 Å². The van der Waals surface area contributed by atoms with E-state index in [9.17, 15) is 9.90 Å². The minimum Gasteiger partial charge on any atom is -0.480 e. The van der Waals surface area contributed by atoms with Crippen molar-refractivity contribution in [3.05, 3.63) is 0 Å². The number of aliphatic imine (C=N–C) groups is 1. The predicted octanol–water partition coefficient (Wildman–Crippen LogP) is 0.975. The fourth-order valence-corrected chi connectivity index (χ4v) is 2.56. The minimum absolute atomic E-state index is 0.661. The third-order valence-electron chi connectivity index (χ3n) is 3.35. The molecule has 4 heteroatoms. The summed E-state index contributed by atoms with van der Waals surface area (Å²) in [6, 6.07) is 0. The molecule has 2 rings (SSSR count). The smallest absolute Gasteiger partial charge is 0.317 e. The topological polar surface area (TPSA) is 52.9 Å². The van der Waals surface area contributed by atoms with Crippen molar-refractivity contribution < 1.29 is 9.90 Å². The summed E-state index contributed by atoms with van der Waals surface area (Å²) >= 11 is 0. The van der Waals surface area contributed by atoms with Crippen LogP contribution in [-0.4, -0.2) is 41.9 Å². The first kappa shape index (κ1) is 9.49. The molecule has 14 heavy (non-hydrogen) atoms. The molecule has 1 heterocycles. The molecule has 1 aliphatic carbocycles. The van der Waals surface area contributed by atoms with Gasteiger partial charge >= 0.3 is 5.97 Å². The van der Waals surface area contributed by atoms with Crippen molar-refractivity contribution in [3.63, 3.8) is 0 Å². The molecule has 1 aliphatic heterocycles. The highest BCUT2D eigenvalue weighted by Gasteiger charge is 2.48. The quantitative estimate of drug-likeness (QED) is 0.716. The van der Waals surface area contributed by atoms with E-state index in [1.54, 1.807) is 0 Å². The zero-order valence-electron chi connectivity index (χ0n) is 8.49. The van der Waals surface area contributed by atoms with Crippen molar-refractivity contribution >= 4 is 11.8 Å². The van der Waals surface area contributed by atoms with Gasteiger partial charge in [-0.25, -0.2) is 0 Å². The second kappa shape index (κ2) is 3.26. The monoisotopic (exact) mass is 196 g/mol. The van der Waals surface area contributed by atoms with Crippen molar-refractivity contribution in [3.8, 4) is 0 Å². The molecule has 78 valence electrons. The molecular weight excluding hydrogens is 180 g/mol. The van der Waals surface area contributed by atoms with Crippen LogP contribution in [0.15, 0.2) is 4.99 Å². The van der Waals surface area contributed by atoms with Crippen LogP contribution < -0.4 is 0 Å². The summed E-state index contributed by atoms with van der Waals surface area (Å²) in [5, 5.41) is 9.33. The van der Waals surface area contributed by atoms with Crippen LogP contribution in [0.2, 0.25) is 0 Å². The second-order valence-electron chi connectivity index (χ2n) is 4.22. The van der Waals surface area contributed by atoms with Crippen LogP contribution in [0.3, 0.4) is 0 Å². The fourth-order valence-electron chi connectivity index (χ4n) is 2.56. The van der Waals surface area contributed by atoms with Gasteiger partial charge in [0.05, 0.1) is 6.54 Å². The molecule has 0 aromatic heterocycles. The van der Waals surface area contributed by atoms with Crippen molar-refractivity contribution in [2.75, 3.05) is 20.1 Å². The molecule has 1 N–H and O–H groups in total. The van der Waals surface area contributed by atoms with E-state index in [0.717, 1.165) is 44.6 Å². The summed E-state index contributed by atoms with van der Waals surface area (Å²) in [6.45, 7) is 1.62. The Labute approximate surface area is 83.6 Å².